The van der Waals surface area contributed by atoms with Crippen molar-refractivity contribution >= 4 is 23.2 Å². The van der Waals surface area contributed by atoms with Crippen LogP contribution in [0.4, 0.5) is 11.4 Å². The van der Waals surface area contributed by atoms with Gasteiger partial charge in [-0.3, -0.25) is 9.59 Å². The minimum absolute atomic E-state index is 0.0275. The van der Waals surface area contributed by atoms with E-state index >= 15 is 0 Å². The van der Waals surface area contributed by atoms with E-state index in [4.69, 9.17) is 5.73 Å². The molecule has 1 atom stereocenters. The van der Waals surface area contributed by atoms with Crippen molar-refractivity contribution in [3.8, 4) is 0 Å². The molecule has 116 valence electrons. The maximum Gasteiger partial charge on any atom is 0.251 e. The Morgan fingerprint density at radius 1 is 1.38 bits per heavy atom. The van der Waals surface area contributed by atoms with Crippen LogP contribution in [0.5, 0.6) is 0 Å². The lowest BCUT2D eigenvalue weighted by Gasteiger charge is -2.24. The number of nitrogens with one attached hydrogen (secondary N) is 2. The van der Waals surface area contributed by atoms with Crippen LogP contribution in [0.15, 0.2) is 18.2 Å². The topological polar surface area (TPSA) is 87.5 Å². The molecule has 6 nitrogen and oxygen atoms in total. The predicted octanol–water partition coefficient (Wildman–Crippen LogP) is 0.837. The maximum atomic E-state index is 11.9. The van der Waals surface area contributed by atoms with Crippen molar-refractivity contribution in [1.82, 2.24) is 10.6 Å². The third kappa shape index (κ3) is 4.37. The molecule has 0 heterocycles. The van der Waals surface area contributed by atoms with Crippen molar-refractivity contribution in [1.29, 1.82) is 0 Å². The zero-order valence-electron chi connectivity index (χ0n) is 13.1. The third-order valence-corrected chi connectivity index (χ3v) is 3.28. The molecule has 0 saturated heterocycles. The van der Waals surface area contributed by atoms with Crippen molar-refractivity contribution in [2.24, 2.45) is 5.92 Å². The Bertz CT molecular complexity index is 516. The van der Waals surface area contributed by atoms with Gasteiger partial charge in [-0.1, -0.05) is 6.92 Å². The van der Waals surface area contributed by atoms with Crippen LogP contribution < -0.4 is 21.3 Å². The zero-order valence-corrected chi connectivity index (χ0v) is 13.1. The molecule has 21 heavy (non-hydrogen) atoms. The number of carbonyl (C=O) groups is 2. The smallest absolute Gasteiger partial charge is 0.251 e. The standard InChI is InChI=1S/C15H24N4O2/c1-5-18-15(21)11-6-7-12(16)13(8-11)19(4)9-10(2)14(20)17-3/h6-8,10H,5,9,16H2,1-4H3,(H,17,20)(H,18,21). The SMILES string of the molecule is CCNC(=O)c1ccc(N)c(N(C)CC(C)C(=O)NC)c1. The second-order valence-electron chi connectivity index (χ2n) is 5.03. The Morgan fingerprint density at radius 2 is 2.05 bits per heavy atom. The molecule has 0 aliphatic heterocycles. The molecule has 0 radical (unpaired) electrons. The normalized spacial score (nSPS) is 11.6. The second-order valence-corrected chi connectivity index (χ2v) is 5.03. The molecule has 1 aromatic carbocycles. The van der Waals surface area contributed by atoms with Gasteiger partial charge in [0.05, 0.1) is 17.3 Å². The summed E-state index contributed by atoms with van der Waals surface area (Å²) in [6, 6.07) is 5.15. The van der Waals surface area contributed by atoms with Crippen LogP contribution in [0.25, 0.3) is 0 Å². The molecule has 0 bridgehead atoms. The summed E-state index contributed by atoms with van der Waals surface area (Å²) in [6.45, 7) is 4.80. The number of nitrogens with zero attached hydrogens (tertiary/aromatic N) is 1. The van der Waals surface area contributed by atoms with E-state index in [1.165, 1.54) is 0 Å². The first-order valence-electron chi connectivity index (χ1n) is 7.01. The summed E-state index contributed by atoms with van der Waals surface area (Å²) < 4.78 is 0. The first-order chi connectivity index (χ1) is 9.90. The Balaban J connectivity index is 2.93. The lowest BCUT2D eigenvalue weighted by atomic mass is 10.1. The van der Waals surface area contributed by atoms with Gasteiger partial charge in [-0.15, -0.1) is 0 Å². The van der Waals surface area contributed by atoms with E-state index in [0.717, 1.165) is 5.69 Å². The van der Waals surface area contributed by atoms with E-state index in [0.29, 0.717) is 24.3 Å². The van der Waals surface area contributed by atoms with Gasteiger partial charge in [0.15, 0.2) is 0 Å². The van der Waals surface area contributed by atoms with Crippen LogP contribution in [-0.2, 0) is 4.79 Å². The number of anilines is 2. The van der Waals surface area contributed by atoms with E-state index in [-0.39, 0.29) is 17.7 Å². The summed E-state index contributed by atoms with van der Waals surface area (Å²) in [5.74, 6) is -0.334. The summed E-state index contributed by atoms with van der Waals surface area (Å²) in [4.78, 5) is 25.4. The number of hydrogen-bond acceptors (Lipinski definition) is 4. The van der Waals surface area contributed by atoms with Gasteiger partial charge in [0.1, 0.15) is 0 Å². The van der Waals surface area contributed by atoms with E-state index in [9.17, 15) is 9.59 Å². The Morgan fingerprint density at radius 3 is 2.62 bits per heavy atom. The number of amides is 2. The highest BCUT2D eigenvalue weighted by atomic mass is 16.2. The van der Waals surface area contributed by atoms with Crippen LogP contribution in [0.3, 0.4) is 0 Å². The molecule has 0 saturated carbocycles. The van der Waals surface area contributed by atoms with Gasteiger partial charge in [-0.25, -0.2) is 0 Å². The van der Waals surface area contributed by atoms with Crippen LogP contribution >= 0.6 is 0 Å². The number of hydrogen-bond donors (Lipinski definition) is 3. The van der Waals surface area contributed by atoms with Gasteiger partial charge in [0.25, 0.3) is 5.91 Å². The number of carbonyl (C=O) groups excluding carboxylic acids is 2. The molecular weight excluding hydrogens is 268 g/mol. The molecule has 6 heteroatoms. The van der Waals surface area contributed by atoms with Crippen molar-refractivity contribution in [2.45, 2.75) is 13.8 Å². The minimum atomic E-state index is -0.174. The lowest BCUT2D eigenvalue weighted by molar-refractivity contribution is -0.123. The maximum absolute atomic E-state index is 11.9. The number of nitrogens with two attached hydrogens (primary N) is 1. The highest BCUT2D eigenvalue weighted by molar-refractivity contribution is 5.96. The first-order valence-corrected chi connectivity index (χ1v) is 7.01. The fourth-order valence-corrected chi connectivity index (χ4v) is 2.12. The molecule has 1 aromatic rings. The quantitative estimate of drug-likeness (QED) is 0.678. The average molecular weight is 292 g/mol. The summed E-state index contributed by atoms with van der Waals surface area (Å²) in [5, 5.41) is 5.37. The molecule has 2 amide bonds. The van der Waals surface area contributed by atoms with E-state index in [1.807, 2.05) is 25.8 Å². The zero-order chi connectivity index (χ0) is 16.0. The Kier molecular flexibility index (Phi) is 6.02. The highest BCUT2D eigenvalue weighted by Crippen LogP contribution is 2.24. The molecule has 0 aromatic heterocycles. The van der Waals surface area contributed by atoms with Gasteiger partial charge < -0.3 is 21.3 Å². The van der Waals surface area contributed by atoms with Crippen molar-refractivity contribution in [2.75, 3.05) is 37.8 Å². The second kappa shape index (κ2) is 7.52. The van der Waals surface area contributed by atoms with Crippen LogP contribution in [0.1, 0.15) is 24.2 Å². The predicted molar refractivity (Wildman–Crippen MR) is 85.4 cm³/mol. The summed E-state index contributed by atoms with van der Waals surface area (Å²) in [7, 11) is 3.47. The minimum Gasteiger partial charge on any atom is -0.397 e. The van der Waals surface area contributed by atoms with E-state index in [2.05, 4.69) is 10.6 Å². The Hall–Kier alpha value is -2.24. The monoisotopic (exact) mass is 292 g/mol. The van der Waals surface area contributed by atoms with Gasteiger partial charge in [0.2, 0.25) is 5.91 Å². The number of rotatable bonds is 6. The molecule has 0 aliphatic carbocycles. The molecule has 0 aliphatic rings. The first kappa shape index (κ1) is 16.8. The third-order valence-electron chi connectivity index (χ3n) is 3.28. The Labute approximate surface area is 125 Å². The van der Waals surface area contributed by atoms with Gasteiger partial charge in [-0.05, 0) is 25.1 Å². The molecule has 4 N–H and O–H groups in total. The van der Waals surface area contributed by atoms with Crippen molar-refractivity contribution < 1.29 is 9.59 Å². The number of nitrogen functional groups attached to an aromatic ring is 1. The van der Waals surface area contributed by atoms with Gasteiger partial charge >= 0.3 is 0 Å². The molecule has 1 unspecified atom stereocenters. The lowest BCUT2D eigenvalue weighted by Crippen LogP contribution is -2.34. The van der Waals surface area contributed by atoms with E-state index < -0.39 is 0 Å². The molecular formula is C15H24N4O2. The van der Waals surface area contributed by atoms with Crippen LogP contribution in [0.2, 0.25) is 0 Å². The average Bonchev–Trinajstić information content (AvgIpc) is 2.46. The highest BCUT2D eigenvalue weighted by Gasteiger charge is 2.16. The van der Waals surface area contributed by atoms with Crippen molar-refractivity contribution in [3.05, 3.63) is 23.8 Å². The molecule has 0 spiro atoms. The number of benzene rings is 1. The molecule has 0 fully saturated rings. The summed E-state index contributed by atoms with van der Waals surface area (Å²) >= 11 is 0. The van der Waals surface area contributed by atoms with Gasteiger partial charge in [0, 0.05) is 32.7 Å². The largest absolute Gasteiger partial charge is 0.397 e. The summed E-state index contributed by atoms with van der Waals surface area (Å²) in [6.07, 6.45) is 0. The van der Waals surface area contributed by atoms with Crippen LogP contribution in [-0.4, -0.2) is 39.0 Å². The van der Waals surface area contributed by atoms with Gasteiger partial charge in [-0.2, -0.15) is 0 Å². The summed E-state index contributed by atoms with van der Waals surface area (Å²) in [5.41, 5.74) is 7.85. The van der Waals surface area contributed by atoms with E-state index in [1.54, 1.807) is 25.2 Å². The van der Waals surface area contributed by atoms with Crippen LogP contribution in [0, 0.1) is 5.92 Å². The van der Waals surface area contributed by atoms with Crippen molar-refractivity contribution in [3.63, 3.8) is 0 Å². The fraction of sp³-hybridized carbons (Fsp3) is 0.467. The fourth-order valence-electron chi connectivity index (χ4n) is 2.12. The molecule has 1 rings (SSSR count).